The van der Waals surface area contributed by atoms with Crippen molar-refractivity contribution in [1.82, 2.24) is 5.32 Å². The molecular formula is C86H157NO38. The second-order valence-corrected chi connectivity index (χ2v) is 34.8. The first-order valence-electron chi connectivity index (χ1n) is 46.5. The Balaban J connectivity index is 0.912. The Labute approximate surface area is 734 Å². The maximum atomic E-state index is 13.6. The summed E-state index contributed by atoms with van der Waals surface area (Å²) < 4.78 is 80.8. The molecule has 7 fully saturated rings. The van der Waals surface area contributed by atoms with Gasteiger partial charge in [0.05, 0.1) is 65.0 Å². The number of amides is 1. The Morgan fingerprint density at radius 3 is 0.824 bits per heavy atom. The number of rotatable bonds is 61. The van der Waals surface area contributed by atoms with E-state index in [1.54, 1.807) is 6.08 Å². The van der Waals surface area contributed by atoms with E-state index >= 15 is 0 Å². The molecule has 39 nitrogen and oxygen atoms in total. The fourth-order valence-electron chi connectivity index (χ4n) is 17.2. The molecule has 0 aromatic heterocycles. The highest BCUT2D eigenvalue weighted by Gasteiger charge is 2.59. The van der Waals surface area contributed by atoms with Crippen LogP contribution < -0.4 is 5.32 Å². The van der Waals surface area contributed by atoms with Gasteiger partial charge in [-0.1, -0.05) is 231 Å². The van der Waals surface area contributed by atoms with E-state index in [0.29, 0.717) is 12.8 Å². The van der Waals surface area contributed by atoms with Crippen molar-refractivity contribution in [2.45, 2.75) is 472 Å². The second-order valence-electron chi connectivity index (χ2n) is 34.8. The molecule has 0 bridgehead atoms. The number of unbranched alkanes of at least 4 members (excludes halogenated alkanes) is 33. The molecule has 734 valence electrons. The summed E-state index contributed by atoms with van der Waals surface area (Å²) in [6, 6.07) is -1.07. The number of carbonyl (C=O) groups excluding carboxylic acids is 1. The molecule has 7 heterocycles. The van der Waals surface area contributed by atoms with E-state index in [1.165, 1.54) is 161 Å². The van der Waals surface area contributed by atoms with Crippen LogP contribution in [0.25, 0.3) is 0 Å². The molecule has 0 spiro atoms. The molecule has 14 unspecified atom stereocenters. The summed E-state index contributed by atoms with van der Waals surface area (Å²) in [5.41, 5.74) is 0. The number of hydrogen-bond donors (Lipinski definition) is 24. The van der Waals surface area contributed by atoms with E-state index in [-0.39, 0.29) is 12.3 Å². The molecule has 7 aliphatic rings. The number of hydrogen-bond acceptors (Lipinski definition) is 38. The first-order valence-corrected chi connectivity index (χ1v) is 46.5. The predicted octanol–water partition coefficient (Wildman–Crippen LogP) is -1.77. The van der Waals surface area contributed by atoms with Gasteiger partial charge in [-0.25, -0.2) is 0 Å². The van der Waals surface area contributed by atoms with E-state index in [4.69, 9.17) is 66.3 Å². The minimum Gasteiger partial charge on any atom is -0.394 e. The maximum absolute atomic E-state index is 13.6. The average molecular weight is 1810 g/mol. The highest BCUT2D eigenvalue weighted by Crippen LogP contribution is 2.39. The average Bonchev–Trinajstić information content (AvgIpc) is 0.762. The molecule has 24 N–H and O–H groups in total. The SMILES string of the molecule is CCCCCCCCCCCCC/C=C/[C@@H](O)[C@H](CO[C@@H]1OC(CO)[C@@H](O[C@@H]2OC(CO)[C@H](O[C@@H]3OC(CO)[C@H](O)[C@H](O[C@H]4OC(CO)[C@H](O)[C@H](O[C@H]5OC(CO)[C@H](O)[C@H](O[C@H]6OC(CO)[C@H](O)[C@H](O[C@H]7OC(CO)[C@H](O)[C@H](O)C7O)C6O)C5O)C4O)C3O)[C@H](O)C2O)[C@H](O)C1O)NC(=O)CCCCCCCCCCCCCCCCCCCCCCCCC. The zero-order chi connectivity index (χ0) is 91.1. The molecule has 7 aliphatic heterocycles. The van der Waals surface area contributed by atoms with Gasteiger partial charge in [-0.15, -0.1) is 0 Å². The van der Waals surface area contributed by atoms with Crippen LogP contribution in [0.4, 0.5) is 0 Å². The molecule has 0 aromatic carbocycles. The van der Waals surface area contributed by atoms with E-state index in [2.05, 4.69) is 19.2 Å². The van der Waals surface area contributed by atoms with Gasteiger partial charge in [0.2, 0.25) is 5.91 Å². The Morgan fingerprint density at radius 2 is 0.520 bits per heavy atom. The molecule has 0 aliphatic carbocycles. The van der Waals surface area contributed by atoms with Crippen LogP contribution in [0.5, 0.6) is 0 Å². The van der Waals surface area contributed by atoms with Crippen molar-refractivity contribution in [3.05, 3.63) is 12.2 Å². The summed E-state index contributed by atoms with van der Waals surface area (Å²) in [5.74, 6) is -0.342. The van der Waals surface area contributed by atoms with Crippen LogP contribution in [-0.2, 0) is 71.1 Å². The van der Waals surface area contributed by atoms with Crippen LogP contribution in [0.1, 0.15) is 245 Å². The summed E-state index contributed by atoms with van der Waals surface area (Å²) >= 11 is 0. The molecule has 7 saturated heterocycles. The number of carbonyl (C=O) groups is 1. The van der Waals surface area contributed by atoms with E-state index < -0.39 is 280 Å². The van der Waals surface area contributed by atoms with Gasteiger partial charge in [0, 0.05) is 6.42 Å². The lowest BCUT2D eigenvalue weighted by Crippen LogP contribution is -2.68. The highest BCUT2D eigenvalue weighted by molar-refractivity contribution is 5.76. The zero-order valence-corrected chi connectivity index (χ0v) is 73.0. The van der Waals surface area contributed by atoms with E-state index in [1.807, 2.05) is 6.08 Å². The normalized spacial score (nSPS) is 38.4. The van der Waals surface area contributed by atoms with Gasteiger partial charge in [-0.05, 0) is 19.3 Å². The van der Waals surface area contributed by atoms with Crippen LogP contribution >= 0.6 is 0 Å². The minimum atomic E-state index is -2.34. The molecule has 0 aromatic rings. The zero-order valence-electron chi connectivity index (χ0n) is 73.0. The van der Waals surface area contributed by atoms with Crippen LogP contribution in [0.15, 0.2) is 12.2 Å². The van der Waals surface area contributed by atoms with Crippen molar-refractivity contribution in [2.75, 3.05) is 52.9 Å². The Morgan fingerprint density at radius 1 is 0.280 bits per heavy atom. The fraction of sp³-hybridized carbons (Fsp3) is 0.965. The Kier molecular flexibility index (Phi) is 52.2. The van der Waals surface area contributed by atoms with Gasteiger partial charge in [-0.3, -0.25) is 4.79 Å². The van der Waals surface area contributed by atoms with Crippen molar-refractivity contribution < 1.29 is 189 Å². The third-order valence-corrected chi connectivity index (χ3v) is 25.0. The molecule has 0 radical (unpaired) electrons. The van der Waals surface area contributed by atoms with Gasteiger partial charge < -0.3 is 189 Å². The molecule has 1 amide bonds. The molecular weight excluding hydrogens is 1650 g/mol. The molecule has 7 rings (SSSR count). The number of ether oxygens (including phenoxy) is 14. The largest absolute Gasteiger partial charge is 0.394 e. The van der Waals surface area contributed by atoms with Crippen LogP contribution in [0.2, 0.25) is 0 Å². The van der Waals surface area contributed by atoms with Crippen molar-refractivity contribution in [3.63, 3.8) is 0 Å². The minimum absolute atomic E-state index is 0.174. The van der Waals surface area contributed by atoms with E-state index in [9.17, 15) is 122 Å². The van der Waals surface area contributed by atoms with Crippen LogP contribution in [0.3, 0.4) is 0 Å². The monoisotopic (exact) mass is 1810 g/mol. The third-order valence-electron chi connectivity index (χ3n) is 25.0. The fourth-order valence-corrected chi connectivity index (χ4v) is 17.2. The lowest BCUT2D eigenvalue weighted by atomic mass is 9.95. The van der Waals surface area contributed by atoms with E-state index in [0.717, 1.165) is 51.4 Å². The standard InChI is InChI=1S/C86H157NO38/c1-3-5-7-9-11-13-15-17-18-19-20-21-22-23-24-25-26-28-30-32-34-36-38-40-58(96)87-49(50(95)39-37-35-33-31-29-27-16-14-12-10-8-6-4-2)48-112-80-68(106)65(103)74(56(46-93)118-80)120-82-69(107)66(104)75(57(47-94)119-82)121-83-70(108)77(61(99)52(42-89)114-83)123-85-72(110)79(63(101)54(44-91)116-85)125-86-73(111)78(62(100)55(45-92)117-86)124-84-71(109)76(60(98)53(43-90)115-84)122-81-67(105)64(102)59(97)51(41-88)113-81/h37,39,49-57,59-86,88-95,97-111H,3-36,38,40-48H2,1-2H3,(H,87,96)/b39-37+/t49-,50+,51?,52?,53?,54?,55?,56?,57?,59-,60-,61-,62-,63-,64-,65+,66+,67?,68?,69?,70?,71?,72?,73?,74+,75-,76-,77-,78-,79-,80+,81+,82-,83-,84+,85+,86+/m0/s1. The third kappa shape index (κ3) is 33.4. The summed E-state index contributed by atoms with van der Waals surface area (Å²) in [7, 11) is 0. The molecule has 0 saturated carbocycles. The molecule has 39 heteroatoms. The van der Waals surface area contributed by atoms with Crippen LogP contribution in [0, 0.1) is 0 Å². The molecule has 125 heavy (non-hydrogen) atoms. The number of aliphatic hydroxyl groups is 23. The Bertz CT molecular complexity index is 2820. The number of aliphatic hydroxyl groups excluding tert-OH is 23. The smallest absolute Gasteiger partial charge is 0.220 e. The number of nitrogens with one attached hydrogen (secondary N) is 1. The Hall–Kier alpha value is -2.27. The van der Waals surface area contributed by atoms with Crippen molar-refractivity contribution in [1.29, 1.82) is 0 Å². The topological polar surface area (TPSA) is 624 Å². The first kappa shape index (κ1) is 110. The van der Waals surface area contributed by atoms with Gasteiger partial charge in [0.25, 0.3) is 0 Å². The summed E-state index contributed by atoms with van der Waals surface area (Å²) in [6.45, 7) is -3.16. The first-order chi connectivity index (χ1) is 60.3. The van der Waals surface area contributed by atoms with Gasteiger partial charge in [0.15, 0.2) is 44.0 Å². The summed E-state index contributed by atoms with van der Waals surface area (Å²) in [6.07, 6.45) is -26.0. The van der Waals surface area contributed by atoms with Crippen molar-refractivity contribution in [2.24, 2.45) is 0 Å². The maximum Gasteiger partial charge on any atom is 0.220 e. The summed E-state index contributed by atoms with van der Waals surface area (Å²) in [5, 5.41) is 258. The highest BCUT2D eigenvalue weighted by atomic mass is 16.8. The van der Waals surface area contributed by atoms with Crippen molar-refractivity contribution in [3.8, 4) is 0 Å². The second kappa shape index (κ2) is 59.5. The molecule has 37 atom stereocenters. The lowest BCUT2D eigenvalue weighted by molar-refractivity contribution is -0.400. The quantitative estimate of drug-likeness (QED) is 0.0237. The van der Waals surface area contributed by atoms with Gasteiger partial charge >= 0.3 is 0 Å². The van der Waals surface area contributed by atoms with Gasteiger partial charge in [0.1, 0.15) is 171 Å². The predicted molar refractivity (Wildman–Crippen MR) is 440 cm³/mol. The van der Waals surface area contributed by atoms with Crippen molar-refractivity contribution >= 4 is 5.91 Å². The van der Waals surface area contributed by atoms with Crippen LogP contribution in [-0.4, -0.2) is 403 Å². The number of allylic oxidation sites excluding steroid dienone is 1. The summed E-state index contributed by atoms with van der Waals surface area (Å²) in [4.78, 5) is 13.6. The lowest BCUT2D eigenvalue weighted by Gasteiger charge is -2.50. The van der Waals surface area contributed by atoms with Gasteiger partial charge in [-0.2, -0.15) is 0 Å².